The highest BCUT2D eigenvalue weighted by Crippen LogP contribution is 2.43. The summed E-state index contributed by atoms with van der Waals surface area (Å²) in [5.74, 6) is 1.87. The predicted octanol–water partition coefficient (Wildman–Crippen LogP) is 2.47. The topological polar surface area (TPSA) is 74.2 Å². The van der Waals surface area contributed by atoms with E-state index >= 15 is 0 Å². The molecule has 3 heterocycles. The van der Waals surface area contributed by atoms with Crippen LogP contribution in [0, 0.1) is 0 Å². The molecule has 2 aromatic rings. The van der Waals surface area contributed by atoms with Gasteiger partial charge in [-0.25, -0.2) is 0 Å². The van der Waals surface area contributed by atoms with E-state index in [1.54, 1.807) is 0 Å². The van der Waals surface area contributed by atoms with Crippen molar-refractivity contribution in [3.05, 3.63) is 41.5 Å². The van der Waals surface area contributed by atoms with Gasteiger partial charge in [0, 0.05) is 12.1 Å². The normalized spacial score (nSPS) is 27.3. The average Bonchev–Trinajstić information content (AvgIpc) is 3.22. The fourth-order valence-electron chi connectivity index (χ4n) is 3.37. The second-order valence-corrected chi connectivity index (χ2v) is 6.00. The number of aromatic nitrogens is 2. The molecule has 2 N–H and O–H groups in total. The van der Waals surface area contributed by atoms with E-state index < -0.39 is 0 Å². The second-order valence-electron chi connectivity index (χ2n) is 6.00. The SMILES string of the molecule is Nc1ccc(CCc2nc(C3CC4CCC3O4)no2)cc1. The summed E-state index contributed by atoms with van der Waals surface area (Å²) in [4.78, 5) is 4.56. The van der Waals surface area contributed by atoms with E-state index in [9.17, 15) is 0 Å². The first-order valence-electron chi connectivity index (χ1n) is 7.60. The van der Waals surface area contributed by atoms with Crippen LogP contribution in [-0.4, -0.2) is 22.3 Å². The summed E-state index contributed by atoms with van der Waals surface area (Å²) < 4.78 is 11.2. The number of aryl methyl sites for hydroxylation is 2. The third-order valence-electron chi connectivity index (χ3n) is 4.53. The van der Waals surface area contributed by atoms with Gasteiger partial charge in [0.25, 0.3) is 0 Å². The van der Waals surface area contributed by atoms with Gasteiger partial charge in [0.1, 0.15) is 0 Å². The molecule has 2 aliphatic heterocycles. The number of fused-ring (bicyclic) bond motifs is 2. The summed E-state index contributed by atoms with van der Waals surface area (Å²) in [5, 5.41) is 4.16. The van der Waals surface area contributed by atoms with E-state index in [0.29, 0.717) is 24.0 Å². The first-order chi connectivity index (χ1) is 10.3. The standard InChI is InChI=1S/C16H19N3O2/c17-11-4-1-10(2-5-11)3-8-15-18-16(19-21-15)13-9-12-6-7-14(13)20-12/h1-2,4-5,12-14H,3,6-9,17H2. The molecule has 1 aromatic carbocycles. The number of hydrogen-bond donors (Lipinski definition) is 1. The lowest BCUT2D eigenvalue weighted by Gasteiger charge is -2.13. The zero-order valence-corrected chi connectivity index (χ0v) is 11.9. The number of ether oxygens (including phenoxy) is 1. The molecule has 5 nitrogen and oxygen atoms in total. The third-order valence-corrected chi connectivity index (χ3v) is 4.53. The van der Waals surface area contributed by atoms with Crippen LogP contribution in [0.15, 0.2) is 28.8 Å². The maximum atomic E-state index is 5.86. The minimum absolute atomic E-state index is 0.303. The van der Waals surface area contributed by atoms with Crippen LogP contribution in [0.5, 0.6) is 0 Å². The lowest BCUT2D eigenvalue weighted by atomic mass is 9.89. The van der Waals surface area contributed by atoms with Gasteiger partial charge in [0.05, 0.1) is 18.1 Å². The van der Waals surface area contributed by atoms with Crippen molar-refractivity contribution >= 4 is 5.69 Å². The number of nitrogen functional groups attached to an aromatic ring is 1. The van der Waals surface area contributed by atoms with E-state index in [1.165, 1.54) is 12.0 Å². The van der Waals surface area contributed by atoms with Crippen molar-refractivity contribution in [3.63, 3.8) is 0 Å². The summed E-state index contributed by atoms with van der Waals surface area (Å²) in [6, 6.07) is 7.91. The van der Waals surface area contributed by atoms with Crippen molar-refractivity contribution in [2.24, 2.45) is 0 Å². The summed E-state index contributed by atoms with van der Waals surface area (Å²) in [5.41, 5.74) is 7.70. The van der Waals surface area contributed by atoms with Crippen LogP contribution < -0.4 is 5.73 Å². The number of hydrogen-bond acceptors (Lipinski definition) is 5. The number of benzene rings is 1. The highest BCUT2D eigenvalue weighted by molar-refractivity contribution is 5.39. The third kappa shape index (κ3) is 2.53. The quantitative estimate of drug-likeness (QED) is 0.873. The van der Waals surface area contributed by atoms with Crippen molar-refractivity contribution in [3.8, 4) is 0 Å². The van der Waals surface area contributed by atoms with Crippen molar-refractivity contribution in [1.29, 1.82) is 0 Å². The van der Waals surface area contributed by atoms with Crippen LogP contribution in [0.3, 0.4) is 0 Å². The molecule has 0 saturated carbocycles. The van der Waals surface area contributed by atoms with Gasteiger partial charge in [-0.3, -0.25) is 0 Å². The van der Waals surface area contributed by atoms with E-state index in [2.05, 4.69) is 10.1 Å². The molecule has 0 radical (unpaired) electrons. The first kappa shape index (κ1) is 12.8. The molecule has 3 unspecified atom stereocenters. The highest BCUT2D eigenvalue weighted by Gasteiger charge is 2.43. The Morgan fingerprint density at radius 3 is 2.71 bits per heavy atom. The maximum Gasteiger partial charge on any atom is 0.226 e. The Hall–Kier alpha value is -1.88. The van der Waals surface area contributed by atoms with Crippen molar-refractivity contribution in [2.45, 2.75) is 50.2 Å². The Kier molecular flexibility index (Phi) is 3.15. The molecule has 3 atom stereocenters. The smallest absolute Gasteiger partial charge is 0.226 e. The van der Waals surface area contributed by atoms with Gasteiger partial charge in [-0.15, -0.1) is 0 Å². The molecule has 2 aliphatic rings. The first-order valence-corrected chi connectivity index (χ1v) is 7.60. The van der Waals surface area contributed by atoms with Gasteiger partial charge in [-0.2, -0.15) is 4.98 Å². The summed E-state index contributed by atoms with van der Waals surface area (Å²) in [6.45, 7) is 0. The lowest BCUT2D eigenvalue weighted by Crippen LogP contribution is -2.15. The largest absolute Gasteiger partial charge is 0.399 e. The molecule has 21 heavy (non-hydrogen) atoms. The molecule has 1 aromatic heterocycles. The fraction of sp³-hybridized carbons (Fsp3) is 0.500. The van der Waals surface area contributed by atoms with Gasteiger partial charge in [-0.05, 0) is 43.4 Å². The van der Waals surface area contributed by atoms with Gasteiger partial charge in [0.2, 0.25) is 5.89 Å². The molecule has 0 spiro atoms. The van der Waals surface area contributed by atoms with Gasteiger partial charge >= 0.3 is 0 Å². The molecule has 0 amide bonds. The van der Waals surface area contributed by atoms with Crippen molar-refractivity contribution in [1.82, 2.24) is 10.1 Å². The zero-order valence-electron chi connectivity index (χ0n) is 11.9. The molecule has 2 fully saturated rings. The Bertz CT molecular complexity index is 623. The summed E-state index contributed by atoms with van der Waals surface area (Å²) in [6.07, 6.45) is 5.72. The molecule has 2 bridgehead atoms. The number of nitrogens with zero attached hydrogens (tertiary/aromatic N) is 2. The van der Waals surface area contributed by atoms with Crippen LogP contribution in [-0.2, 0) is 17.6 Å². The Balaban J connectivity index is 1.39. The summed E-state index contributed by atoms with van der Waals surface area (Å²) in [7, 11) is 0. The van der Waals surface area contributed by atoms with Crippen LogP contribution in [0.1, 0.15) is 42.5 Å². The fourth-order valence-corrected chi connectivity index (χ4v) is 3.37. The second kappa shape index (κ2) is 5.15. The maximum absolute atomic E-state index is 5.86. The van der Waals surface area contributed by atoms with Crippen LogP contribution in [0.2, 0.25) is 0 Å². The monoisotopic (exact) mass is 285 g/mol. The van der Waals surface area contributed by atoms with Gasteiger partial charge in [0.15, 0.2) is 5.82 Å². The zero-order chi connectivity index (χ0) is 14.2. The minimum Gasteiger partial charge on any atom is -0.399 e. The van der Waals surface area contributed by atoms with Crippen LogP contribution in [0.4, 0.5) is 5.69 Å². The Morgan fingerprint density at radius 1 is 1.14 bits per heavy atom. The summed E-state index contributed by atoms with van der Waals surface area (Å²) >= 11 is 0. The van der Waals surface area contributed by atoms with E-state index in [-0.39, 0.29) is 0 Å². The van der Waals surface area contributed by atoms with Crippen LogP contribution >= 0.6 is 0 Å². The molecule has 2 saturated heterocycles. The Morgan fingerprint density at radius 2 is 2.00 bits per heavy atom. The number of anilines is 1. The van der Waals surface area contributed by atoms with Crippen molar-refractivity contribution < 1.29 is 9.26 Å². The molecule has 5 heteroatoms. The molecule has 4 rings (SSSR count). The number of nitrogens with two attached hydrogens (primary N) is 1. The average molecular weight is 285 g/mol. The van der Waals surface area contributed by atoms with E-state index in [4.69, 9.17) is 15.0 Å². The van der Waals surface area contributed by atoms with Crippen molar-refractivity contribution in [2.75, 3.05) is 5.73 Å². The van der Waals surface area contributed by atoms with Gasteiger partial charge < -0.3 is 15.0 Å². The predicted molar refractivity (Wildman–Crippen MR) is 77.8 cm³/mol. The lowest BCUT2D eigenvalue weighted by molar-refractivity contribution is 0.0996. The Labute approximate surface area is 123 Å². The van der Waals surface area contributed by atoms with E-state index in [1.807, 2.05) is 24.3 Å². The number of rotatable bonds is 4. The molecule has 0 aliphatic carbocycles. The van der Waals surface area contributed by atoms with E-state index in [0.717, 1.165) is 37.2 Å². The highest BCUT2D eigenvalue weighted by atomic mass is 16.5. The molecule has 110 valence electrons. The van der Waals surface area contributed by atoms with Crippen LogP contribution in [0.25, 0.3) is 0 Å². The molecular weight excluding hydrogens is 266 g/mol. The molecular formula is C16H19N3O2. The van der Waals surface area contributed by atoms with Gasteiger partial charge in [-0.1, -0.05) is 17.3 Å². The minimum atomic E-state index is 0.303.